The molecule has 2 heterocycles. The van der Waals surface area contributed by atoms with Crippen LogP contribution in [0.1, 0.15) is 41.5 Å². The fourth-order valence-electron chi connectivity index (χ4n) is 3.84. The first-order valence-electron chi connectivity index (χ1n) is 7.41. The third-order valence-corrected chi connectivity index (χ3v) is 4.78. The summed E-state index contributed by atoms with van der Waals surface area (Å²) in [4.78, 5) is 2.59. The number of hydrogen-bond acceptors (Lipinski definition) is 1. The van der Waals surface area contributed by atoms with Gasteiger partial charge in [0, 0.05) is 18.5 Å². The van der Waals surface area contributed by atoms with Gasteiger partial charge in [-0.3, -0.25) is 4.90 Å². The molecule has 2 aliphatic heterocycles. The zero-order valence-corrected chi connectivity index (χ0v) is 13.5. The quantitative estimate of drug-likeness (QED) is 0.723. The van der Waals surface area contributed by atoms with E-state index in [4.69, 9.17) is 0 Å². The Hall–Kier alpha value is -1.19. The van der Waals surface area contributed by atoms with Gasteiger partial charge < -0.3 is 0 Å². The Kier molecular flexibility index (Phi) is 4.14. The second kappa shape index (κ2) is 5.90. The van der Waals surface area contributed by atoms with E-state index in [1.54, 1.807) is 12.1 Å². The molecule has 0 bridgehead atoms. The van der Waals surface area contributed by atoms with E-state index in [-0.39, 0.29) is 22.8 Å². The Labute approximate surface area is 135 Å². The molecule has 110 valence electrons. The van der Waals surface area contributed by atoms with Crippen molar-refractivity contribution >= 4 is 17.0 Å². The lowest BCUT2D eigenvalue weighted by molar-refractivity contribution is 0.230. The predicted molar refractivity (Wildman–Crippen MR) is 88.6 cm³/mol. The minimum absolute atomic E-state index is 0. The predicted octanol–water partition coefficient (Wildman–Crippen LogP) is 4.69. The van der Waals surface area contributed by atoms with Crippen LogP contribution in [0, 0.1) is 5.82 Å². The standard InChI is InChI=1S/C18H18FN.BrH/c19-14-9-7-13(8-10-14)17-12-20-11-3-6-18(20)16-5-2-1-4-15(16)17;/h1-2,4-5,7-10,17-18H,3,6,11-12H2;1H/t17-,18+;/m0./s1. The summed E-state index contributed by atoms with van der Waals surface area (Å²) in [6, 6.07) is 16.4. The molecule has 2 aromatic carbocycles. The van der Waals surface area contributed by atoms with Crippen LogP contribution in [-0.4, -0.2) is 18.0 Å². The molecule has 1 saturated heterocycles. The molecule has 0 amide bonds. The highest BCUT2D eigenvalue weighted by Crippen LogP contribution is 2.43. The highest BCUT2D eigenvalue weighted by Gasteiger charge is 2.35. The molecule has 0 radical (unpaired) electrons. The summed E-state index contributed by atoms with van der Waals surface area (Å²) in [6.45, 7) is 2.25. The lowest BCUT2D eigenvalue weighted by Gasteiger charge is -2.37. The molecule has 0 spiro atoms. The Balaban J connectivity index is 0.00000132. The number of hydrogen-bond donors (Lipinski definition) is 0. The van der Waals surface area contributed by atoms with Crippen LogP contribution in [0.4, 0.5) is 4.39 Å². The van der Waals surface area contributed by atoms with Gasteiger partial charge >= 0.3 is 0 Å². The molecule has 2 aliphatic rings. The summed E-state index contributed by atoms with van der Waals surface area (Å²) in [7, 11) is 0. The van der Waals surface area contributed by atoms with E-state index in [1.165, 1.54) is 36.1 Å². The average Bonchev–Trinajstić information content (AvgIpc) is 2.96. The molecule has 3 heteroatoms. The SMILES string of the molecule is Br.Fc1ccc([C@@H]2CN3CCC[C@@H]3c3ccccc32)cc1. The third kappa shape index (κ3) is 2.53. The topological polar surface area (TPSA) is 3.24 Å². The van der Waals surface area contributed by atoms with E-state index in [2.05, 4.69) is 29.2 Å². The van der Waals surface area contributed by atoms with Gasteiger partial charge in [-0.1, -0.05) is 36.4 Å². The molecular formula is C18H19BrFN. The van der Waals surface area contributed by atoms with Crippen molar-refractivity contribution in [1.29, 1.82) is 0 Å². The van der Waals surface area contributed by atoms with Crippen molar-refractivity contribution in [3.63, 3.8) is 0 Å². The molecular weight excluding hydrogens is 329 g/mol. The number of benzene rings is 2. The summed E-state index contributed by atoms with van der Waals surface area (Å²) in [5.74, 6) is 0.220. The van der Waals surface area contributed by atoms with Crippen molar-refractivity contribution in [3.8, 4) is 0 Å². The number of nitrogens with zero attached hydrogens (tertiary/aromatic N) is 1. The van der Waals surface area contributed by atoms with Crippen molar-refractivity contribution in [2.24, 2.45) is 0 Å². The maximum Gasteiger partial charge on any atom is 0.123 e. The van der Waals surface area contributed by atoms with Crippen LogP contribution in [0.15, 0.2) is 48.5 Å². The van der Waals surface area contributed by atoms with Crippen LogP contribution < -0.4 is 0 Å². The number of rotatable bonds is 1. The second-order valence-electron chi connectivity index (χ2n) is 5.89. The fraction of sp³-hybridized carbons (Fsp3) is 0.333. The smallest absolute Gasteiger partial charge is 0.123 e. The monoisotopic (exact) mass is 347 g/mol. The number of fused-ring (bicyclic) bond motifs is 3. The van der Waals surface area contributed by atoms with E-state index in [1.807, 2.05) is 12.1 Å². The van der Waals surface area contributed by atoms with Crippen molar-refractivity contribution in [1.82, 2.24) is 4.90 Å². The first-order valence-corrected chi connectivity index (χ1v) is 7.41. The van der Waals surface area contributed by atoms with Crippen LogP contribution in [0.25, 0.3) is 0 Å². The number of halogens is 2. The lowest BCUT2D eigenvalue weighted by Crippen LogP contribution is -2.34. The summed E-state index contributed by atoms with van der Waals surface area (Å²) in [6.07, 6.45) is 2.56. The van der Waals surface area contributed by atoms with Crippen LogP contribution >= 0.6 is 17.0 Å². The maximum atomic E-state index is 13.2. The molecule has 0 N–H and O–H groups in total. The van der Waals surface area contributed by atoms with Gasteiger partial charge in [-0.05, 0) is 48.2 Å². The Morgan fingerprint density at radius 2 is 1.67 bits per heavy atom. The third-order valence-electron chi connectivity index (χ3n) is 4.78. The van der Waals surface area contributed by atoms with Crippen LogP contribution in [0.2, 0.25) is 0 Å². The van der Waals surface area contributed by atoms with Crippen molar-refractivity contribution in [2.75, 3.05) is 13.1 Å². The molecule has 4 rings (SSSR count). The van der Waals surface area contributed by atoms with Crippen molar-refractivity contribution < 1.29 is 4.39 Å². The zero-order chi connectivity index (χ0) is 13.5. The molecule has 2 atom stereocenters. The van der Waals surface area contributed by atoms with E-state index in [0.717, 1.165) is 6.54 Å². The molecule has 21 heavy (non-hydrogen) atoms. The second-order valence-corrected chi connectivity index (χ2v) is 5.89. The highest BCUT2D eigenvalue weighted by atomic mass is 79.9. The van der Waals surface area contributed by atoms with Gasteiger partial charge in [0.15, 0.2) is 0 Å². The van der Waals surface area contributed by atoms with Gasteiger partial charge in [0.05, 0.1) is 0 Å². The fourth-order valence-corrected chi connectivity index (χ4v) is 3.84. The molecule has 0 aliphatic carbocycles. The molecule has 0 unspecified atom stereocenters. The van der Waals surface area contributed by atoms with Crippen molar-refractivity contribution in [2.45, 2.75) is 24.8 Å². The summed E-state index contributed by atoms with van der Waals surface area (Å²) in [5.41, 5.74) is 4.14. The molecule has 1 fully saturated rings. The van der Waals surface area contributed by atoms with Crippen molar-refractivity contribution in [3.05, 3.63) is 71.0 Å². The largest absolute Gasteiger partial charge is 0.295 e. The lowest BCUT2D eigenvalue weighted by atomic mass is 9.82. The van der Waals surface area contributed by atoms with Gasteiger partial charge in [0.25, 0.3) is 0 Å². The Morgan fingerprint density at radius 1 is 0.952 bits per heavy atom. The van der Waals surface area contributed by atoms with Gasteiger partial charge in [-0.2, -0.15) is 0 Å². The minimum Gasteiger partial charge on any atom is -0.295 e. The van der Waals surface area contributed by atoms with Gasteiger partial charge in [-0.25, -0.2) is 4.39 Å². The van der Waals surface area contributed by atoms with E-state index >= 15 is 0 Å². The molecule has 0 aromatic heterocycles. The van der Waals surface area contributed by atoms with Gasteiger partial charge in [0.2, 0.25) is 0 Å². The Bertz CT molecular complexity index is 625. The highest BCUT2D eigenvalue weighted by molar-refractivity contribution is 8.93. The van der Waals surface area contributed by atoms with Crippen LogP contribution in [0.5, 0.6) is 0 Å². The molecule has 0 saturated carbocycles. The molecule has 2 aromatic rings. The minimum atomic E-state index is -0.156. The van der Waals surface area contributed by atoms with Gasteiger partial charge in [-0.15, -0.1) is 17.0 Å². The summed E-state index contributed by atoms with van der Waals surface area (Å²) >= 11 is 0. The van der Waals surface area contributed by atoms with Crippen LogP contribution in [0.3, 0.4) is 0 Å². The van der Waals surface area contributed by atoms with E-state index in [9.17, 15) is 4.39 Å². The van der Waals surface area contributed by atoms with Gasteiger partial charge in [0.1, 0.15) is 5.82 Å². The normalized spacial score (nSPS) is 24.0. The Morgan fingerprint density at radius 3 is 2.43 bits per heavy atom. The van der Waals surface area contributed by atoms with Crippen LogP contribution in [-0.2, 0) is 0 Å². The summed E-state index contributed by atoms with van der Waals surface area (Å²) < 4.78 is 13.2. The summed E-state index contributed by atoms with van der Waals surface area (Å²) in [5, 5.41) is 0. The molecule has 1 nitrogen and oxygen atoms in total. The van der Waals surface area contributed by atoms with E-state index in [0.29, 0.717) is 12.0 Å². The first kappa shape index (κ1) is 14.7. The zero-order valence-electron chi connectivity index (χ0n) is 11.8. The average molecular weight is 348 g/mol. The first-order chi connectivity index (χ1) is 9.83. The maximum absolute atomic E-state index is 13.2. The van der Waals surface area contributed by atoms with E-state index < -0.39 is 0 Å².